The van der Waals surface area contributed by atoms with Gasteiger partial charge in [-0.05, 0) is 55.9 Å². The van der Waals surface area contributed by atoms with Crippen molar-refractivity contribution in [3.05, 3.63) is 54.1 Å². The van der Waals surface area contributed by atoms with E-state index in [1.807, 2.05) is 13.8 Å². The van der Waals surface area contributed by atoms with Gasteiger partial charge in [-0.1, -0.05) is 25.1 Å². The summed E-state index contributed by atoms with van der Waals surface area (Å²) in [6.45, 7) is 5.24. The molecule has 0 fully saturated rings. The molecule has 2 aromatic rings. The van der Waals surface area contributed by atoms with Gasteiger partial charge in [0.15, 0.2) is 5.11 Å². The second-order valence-corrected chi connectivity index (χ2v) is 6.74. The summed E-state index contributed by atoms with van der Waals surface area (Å²) in [5, 5.41) is 8.57. The molecule has 0 aromatic heterocycles. The number of hydrogen-bond acceptors (Lipinski definition) is 5. The third-order valence-electron chi connectivity index (χ3n) is 3.93. The fraction of sp³-hybridized carbons (Fsp3) is 0.318. The molecule has 8 heteroatoms. The highest BCUT2D eigenvalue weighted by Gasteiger charge is 2.14. The van der Waals surface area contributed by atoms with E-state index in [-0.39, 0.29) is 16.9 Å². The lowest BCUT2D eigenvalue weighted by Gasteiger charge is -2.13. The molecule has 3 N–H and O–H groups in total. The largest absolute Gasteiger partial charge is 0.490 e. The van der Waals surface area contributed by atoms with Gasteiger partial charge >= 0.3 is 0 Å². The number of carbonyl (C=O) groups excluding carboxylic acids is 2. The summed E-state index contributed by atoms with van der Waals surface area (Å²) in [6, 6.07) is 14.0. The molecule has 30 heavy (non-hydrogen) atoms. The molecule has 0 aliphatic carbocycles. The number of anilines is 2. The maximum atomic E-state index is 12.6. The van der Waals surface area contributed by atoms with Crippen LogP contribution in [0.2, 0.25) is 0 Å². The minimum absolute atomic E-state index is 0.0496. The van der Waals surface area contributed by atoms with Gasteiger partial charge in [0.05, 0.1) is 12.2 Å². The summed E-state index contributed by atoms with van der Waals surface area (Å²) in [7, 11) is 0. The number of para-hydroxylation sites is 1. The topological polar surface area (TPSA) is 88.7 Å². The first-order chi connectivity index (χ1) is 14.5. The number of thiocarbonyl (C=S) groups is 1. The number of amides is 2. The van der Waals surface area contributed by atoms with E-state index < -0.39 is 0 Å². The van der Waals surface area contributed by atoms with Gasteiger partial charge in [0.25, 0.3) is 5.91 Å². The summed E-state index contributed by atoms with van der Waals surface area (Å²) in [5.41, 5.74) is 1.68. The van der Waals surface area contributed by atoms with Crippen LogP contribution in [0.4, 0.5) is 11.4 Å². The van der Waals surface area contributed by atoms with Crippen LogP contribution in [-0.4, -0.2) is 36.7 Å². The molecule has 0 aliphatic heterocycles. The SMILES string of the molecule is CCCC(=O)Nc1cccc(NC(=S)NC(=O)c2ccccc2OCCOCC)c1. The quantitative estimate of drug-likeness (QED) is 0.391. The Morgan fingerprint density at radius 3 is 2.43 bits per heavy atom. The van der Waals surface area contributed by atoms with Crippen molar-refractivity contribution in [1.29, 1.82) is 0 Å². The number of rotatable bonds is 10. The highest BCUT2D eigenvalue weighted by molar-refractivity contribution is 7.80. The Balaban J connectivity index is 1.95. The molecule has 2 aromatic carbocycles. The van der Waals surface area contributed by atoms with Gasteiger partial charge in [-0.15, -0.1) is 0 Å². The fourth-order valence-electron chi connectivity index (χ4n) is 2.59. The molecule has 0 aliphatic rings. The average molecular weight is 430 g/mol. The van der Waals surface area contributed by atoms with Crippen LogP contribution in [0.3, 0.4) is 0 Å². The molecule has 0 radical (unpaired) electrons. The average Bonchev–Trinajstić information content (AvgIpc) is 2.71. The predicted molar refractivity (Wildman–Crippen MR) is 122 cm³/mol. The standard InChI is InChI=1S/C22H27N3O4S/c1-3-8-20(26)23-16-9-7-10-17(15-16)24-22(30)25-21(27)18-11-5-6-12-19(18)29-14-13-28-4-2/h5-7,9-12,15H,3-4,8,13-14H2,1-2H3,(H,23,26)(H2,24,25,27,30). The highest BCUT2D eigenvalue weighted by atomic mass is 32.1. The molecular weight excluding hydrogens is 402 g/mol. The van der Waals surface area contributed by atoms with Crippen LogP contribution in [0.5, 0.6) is 5.75 Å². The number of carbonyl (C=O) groups is 2. The minimum Gasteiger partial charge on any atom is -0.490 e. The summed E-state index contributed by atoms with van der Waals surface area (Å²) in [5.74, 6) is 0.0246. The van der Waals surface area contributed by atoms with Crippen LogP contribution in [0.25, 0.3) is 0 Å². The van der Waals surface area contributed by atoms with Crippen molar-refractivity contribution in [2.75, 3.05) is 30.5 Å². The summed E-state index contributed by atoms with van der Waals surface area (Å²) >= 11 is 5.26. The molecule has 7 nitrogen and oxygen atoms in total. The zero-order chi connectivity index (χ0) is 21.8. The smallest absolute Gasteiger partial charge is 0.261 e. The molecule has 160 valence electrons. The van der Waals surface area contributed by atoms with Crippen LogP contribution in [-0.2, 0) is 9.53 Å². The predicted octanol–water partition coefficient (Wildman–Crippen LogP) is 3.97. The van der Waals surface area contributed by atoms with Gasteiger partial charge < -0.3 is 20.1 Å². The maximum absolute atomic E-state index is 12.6. The molecule has 0 spiro atoms. The van der Waals surface area contributed by atoms with Crippen LogP contribution >= 0.6 is 12.2 Å². The third-order valence-corrected chi connectivity index (χ3v) is 4.13. The fourth-order valence-corrected chi connectivity index (χ4v) is 2.80. The van der Waals surface area contributed by atoms with E-state index in [4.69, 9.17) is 21.7 Å². The van der Waals surface area contributed by atoms with E-state index >= 15 is 0 Å². The van der Waals surface area contributed by atoms with E-state index in [1.165, 1.54) is 0 Å². The van der Waals surface area contributed by atoms with Crippen molar-refractivity contribution < 1.29 is 19.1 Å². The summed E-state index contributed by atoms with van der Waals surface area (Å²) in [6.07, 6.45) is 1.23. The van der Waals surface area contributed by atoms with Gasteiger partial charge in [-0.25, -0.2) is 0 Å². The minimum atomic E-state index is -0.382. The van der Waals surface area contributed by atoms with Gasteiger partial charge in [-0.2, -0.15) is 0 Å². The molecule has 2 amide bonds. The van der Waals surface area contributed by atoms with E-state index in [0.717, 1.165) is 6.42 Å². The Morgan fingerprint density at radius 1 is 0.967 bits per heavy atom. The third kappa shape index (κ3) is 7.81. The van der Waals surface area contributed by atoms with E-state index in [9.17, 15) is 9.59 Å². The molecule has 0 saturated heterocycles. The lowest BCUT2D eigenvalue weighted by atomic mass is 10.2. The molecule has 0 heterocycles. The first-order valence-corrected chi connectivity index (χ1v) is 10.3. The second kappa shape index (κ2) is 12.6. The zero-order valence-electron chi connectivity index (χ0n) is 17.2. The monoisotopic (exact) mass is 429 g/mol. The van der Waals surface area contributed by atoms with Crippen LogP contribution in [0.15, 0.2) is 48.5 Å². The van der Waals surface area contributed by atoms with Crippen molar-refractivity contribution in [3.63, 3.8) is 0 Å². The van der Waals surface area contributed by atoms with Gasteiger partial charge in [0.1, 0.15) is 12.4 Å². The maximum Gasteiger partial charge on any atom is 0.261 e. The number of ether oxygens (including phenoxy) is 2. The van der Waals surface area contributed by atoms with E-state index in [1.54, 1.807) is 48.5 Å². The van der Waals surface area contributed by atoms with Crippen molar-refractivity contribution in [2.24, 2.45) is 0 Å². The van der Waals surface area contributed by atoms with Gasteiger partial charge in [-0.3, -0.25) is 14.9 Å². The van der Waals surface area contributed by atoms with Crippen LogP contribution < -0.4 is 20.7 Å². The lowest BCUT2D eigenvalue weighted by Crippen LogP contribution is -2.34. The second-order valence-electron chi connectivity index (χ2n) is 6.33. The van der Waals surface area contributed by atoms with Gasteiger partial charge in [0.2, 0.25) is 5.91 Å². The Morgan fingerprint density at radius 2 is 1.70 bits per heavy atom. The van der Waals surface area contributed by atoms with Crippen LogP contribution in [0, 0.1) is 0 Å². The number of hydrogen-bond donors (Lipinski definition) is 3. The Kier molecular flexibility index (Phi) is 9.76. The molecule has 0 bridgehead atoms. The highest BCUT2D eigenvalue weighted by Crippen LogP contribution is 2.18. The Hall–Kier alpha value is -2.97. The lowest BCUT2D eigenvalue weighted by molar-refractivity contribution is -0.116. The number of benzene rings is 2. The molecular formula is C22H27N3O4S. The first-order valence-electron chi connectivity index (χ1n) is 9.85. The van der Waals surface area contributed by atoms with Crippen molar-refractivity contribution in [3.8, 4) is 5.75 Å². The first kappa shape index (κ1) is 23.3. The number of nitrogens with one attached hydrogen (secondary N) is 3. The normalized spacial score (nSPS) is 10.2. The Labute approximate surface area is 182 Å². The summed E-state index contributed by atoms with van der Waals surface area (Å²) < 4.78 is 10.9. The van der Waals surface area contributed by atoms with Crippen molar-refractivity contribution in [2.45, 2.75) is 26.7 Å². The van der Waals surface area contributed by atoms with Crippen molar-refractivity contribution >= 4 is 40.5 Å². The Bertz CT molecular complexity index is 873. The van der Waals surface area contributed by atoms with Crippen molar-refractivity contribution in [1.82, 2.24) is 5.32 Å². The van der Waals surface area contributed by atoms with E-state index in [0.29, 0.717) is 48.9 Å². The molecule has 0 atom stereocenters. The molecule has 2 rings (SSSR count). The van der Waals surface area contributed by atoms with E-state index in [2.05, 4.69) is 16.0 Å². The van der Waals surface area contributed by atoms with Gasteiger partial charge in [0, 0.05) is 24.4 Å². The van der Waals surface area contributed by atoms with Crippen LogP contribution in [0.1, 0.15) is 37.0 Å². The zero-order valence-corrected chi connectivity index (χ0v) is 18.0. The molecule has 0 unspecified atom stereocenters. The summed E-state index contributed by atoms with van der Waals surface area (Å²) in [4.78, 5) is 24.4. The molecule has 0 saturated carbocycles.